The van der Waals surface area contributed by atoms with Crippen molar-refractivity contribution in [3.63, 3.8) is 0 Å². The monoisotopic (exact) mass is 400 g/mol. The first-order chi connectivity index (χ1) is 14.1. The van der Waals surface area contributed by atoms with Gasteiger partial charge in [0.1, 0.15) is 0 Å². The second-order valence-corrected chi connectivity index (χ2v) is 7.91. The fraction of sp³-hybridized carbons (Fsp3) is 0.565. The molecule has 2 amide bonds. The van der Waals surface area contributed by atoms with E-state index in [1.54, 1.807) is 31.3 Å². The summed E-state index contributed by atoms with van der Waals surface area (Å²) in [6.45, 7) is 1.19. The van der Waals surface area contributed by atoms with Gasteiger partial charge in [0.05, 0.1) is 20.1 Å². The van der Waals surface area contributed by atoms with Crippen LogP contribution in [0.5, 0.6) is 11.5 Å². The van der Waals surface area contributed by atoms with Gasteiger partial charge < -0.3 is 19.7 Å². The quantitative estimate of drug-likeness (QED) is 0.743. The maximum Gasteiger partial charge on any atom is 0.246 e. The largest absolute Gasteiger partial charge is 0.493 e. The Hall–Kier alpha value is -2.50. The van der Waals surface area contributed by atoms with Crippen molar-refractivity contribution in [2.75, 3.05) is 27.3 Å². The van der Waals surface area contributed by atoms with Crippen LogP contribution in [0, 0.1) is 5.92 Å². The molecule has 1 heterocycles. The van der Waals surface area contributed by atoms with Crippen molar-refractivity contribution in [1.82, 2.24) is 10.2 Å². The van der Waals surface area contributed by atoms with Gasteiger partial charge in [0.25, 0.3) is 0 Å². The van der Waals surface area contributed by atoms with Crippen LogP contribution in [0.3, 0.4) is 0 Å². The van der Waals surface area contributed by atoms with E-state index in [0.29, 0.717) is 30.6 Å². The van der Waals surface area contributed by atoms with E-state index in [2.05, 4.69) is 5.32 Å². The highest BCUT2D eigenvalue weighted by atomic mass is 16.5. The zero-order valence-corrected chi connectivity index (χ0v) is 17.5. The molecule has 0 spiro atoms. The molecule has 1 N–H and O–H groups in total. The highest BCUT2D eigenvalue weighted by Gasteiger charge is 2.29. The van der Waals surface area contributed by atoms with Crippen molar-refractivity contribution in [1.29, 1.82) is 0 Å². The molecule has 158 valence electrons. The van der Waals surface area contributed by atoms with E-state index >= 15 is 0 Å². The minimum Gasteiger partial charge on any atom is -0.493 e. The SMILES string of the molecule is COc1ccc(/C=C/C(=O)N2CCCC(C(=O)NC3CCCCC3)C2)cc1OC. The standard InChI is InChI=1S/C23H32N2O4/c1-28-20-12-10-17(15-21(20)29-2)11-13-22(26)25-14-6-7-18(16-25)23(27)24-19-8-4-3-5-9-19/h10-13,15,18-19H,3-9,14,16H2,1-2H3,(H,24,27)/b13-11+. The predicted octanol–water partition coefficient (Wildman–Crippen LogP) is 3.40. The van der Waals surface area contributed by atoms with Crippen LogP contribution < -0.4 is 14.8 Å². The summed E-state index contributed by atoms with van der Waals surface area (Å²) >= 11 is 0. The average molecular weight is 401 g/mol. The van der Waals surface area contributed by atoms with E-state index in [9.17, 15) is 9.59 Å². The zero-order chi connectivity index (χ0) is 20.6. The summed E-state index contributed by atoms with van der Waals surface area (Å²) < 4.78 is 10.5. The van der Waals surface area contributed by atoms with Crippen LogP contribution in [0.4, 0.5) is 0 Å². The first kappa shape index (κ1) is 21.2. The fourth-order valence-corrected chi connectivity index (χ4v) is 4.19. The molecule has 1 aromatic rings. The molecule has 0 bridgehead atoms. The summed E-state index contributed by atoms with van der Waals surface area (Å²) in [5.41, 5.74) is 0.861. The third-order valence-corrected chi connectivity index (χ3v) is 5.88. The number of carbonyl (C=O) groups is 2. The van der Waals surface area contributed by atoms with Gasteiger partial charge in [-0.3, -0.25) is 9.59 Å². The van der Waals surface area contributed by atoms with Crippen LogP contribution in [-0.4, -0.2) is 50.1 Å². The van der Waals surface area contributed by atoms with Crippen molar-refractivity contribution >= 4 is 17.9 Å². The first-order valence-electron chi connectivity index (χ1n) is 10.6. The molecular weight excluding hydrogens is 368 g/mol. The lowest BCUT2D eigenvalue weighted by molar-refractivity contribution is -0.132. The number of carbonyl (C=O) groups excluding carboxylic acids is 2. The summed E-state index contributed by atoms with van der Waals surface area (Å²) in [5, 5.41) is 3.21. The van der Waals surface area contributed by atoms with Gasteiger partial charge in [0.15, 0.2) is 11.5 Å². The Kier molecular flexibility index (Phi) is 7.55. The van der Waals surface area contributed by atoms with Crippen molar-refractivity contribution in [3.05, 3.63) is 29.8 Å². The summed E-state index contributed by atoms with van der Waals surface area (Å²) in [6, 6.07) is 5.84. The Bertz CT molecular complexity index is 740. The maximum absolute atomic E-state index is 12.7. The molecule has 1 aliphatic carbocycles. The number of hydrogen-bond donors (Lipinski definition) is 1. The molecule has 3 rings (SSSR count). The number of amides is 2. The molecule has 0 radical (unpaired) electrons. The van der Waals surface area contributed by atoms with Crippen LogP contribution in [0.25, 0.3) is 6.08 Å². The minimum absolute atomic E-state index is 0.0602. The highest BCUT2D eigenvalue weighted by molar-refractivity contribution is 5.92. The highest BCUT2D eigenvalue weighted by Crippen LogP contribution is 2.28. The summed E-state index contributed by atoms with van der Waals surface area (Å²) in [6.07, 6.45) is 10.9. The molecule has 6 heteroatoms. The number of methoxy groups -OCH3 is 2. The average Bonchev–Trinajstić information content (AvgIpc) is 2.78. The topological polar surface area (TPSA) is 67.9 Å². The molecule has 1 saturated carbocycles. The number of nitrogens with zero attached hydrogens (tertiary/aromatic N) is 1. The van der Waals surface area contributed by atoms with Crippen LogP contribution in [0.2, 0.25) is 0 Å². The number of rotatable bonds is 6. The lowest BCUT2D eigenvalue weighted by atomic mass is 9.93. The molecule has 1 atom stereocenters. The van der Waals surface area contributed by atoms with E-state index in [1.165, 1.54) is 19.3 Å². The fourth-order valence-electron chi connectivity index (χ4n) is 4.19. The van der Waals surface area contributed by atoms with Crippen molar-refractivity contribution in [2.24, 2.45) is 5.92 Å². The van der Waals surface area contributed by atoms with E-state index in [4.69, 9.17) is 9.47 Å². The van der Waals surface area contributed by atoms with Gasteiger partial charge in [-0.15, -0.1) is 0 Å². The summed E-state index contributed by atoms with van der Waals surface area (Å²) in [5.74, 6) is 1.22. The third kappa shape index (κ3) is 5.75. The van der Waals surface area contributed by atoms with Crippen LogP contribution in [0.1, 0.15) is 50.5 Å². The molecule has 1 aromatic carbocycles. The lowest BCUT2D eigenvalue weighted by Crippen LogP contribution is -2.47. The van der Waals surface area contributed by atoms with Gasteiger partial charge in [-0.1, -0.05) is 25.3 Å². The molecule has 1 saturated heterocycles. The van der Waals surface area contributed by atoms with Crippen molar-refractivity contribution in [3.8, 4) is 11.5 Å². The molecule has 6 nitrogen and oxygen atoms in total. The first-order valence-corrected chi connectivity index (χ1v) is 10.6. The van der Waals surface area contributed by atoms with E-state index < -0.39 is 0 Å². The molecular formula is C23H32N2O4. The molecule has 1 aliphatic heterocycles. The molecule has 2 aliphatic rings. The maximum atomic E-state index is 12.7. The second kappa shape index (κ2) is 10.3. The summed E-state index contributed by atoms with van der Waals surface area (Å²) in [7, 11) is 3.18. The number of likely N-dealkylation sites (tertiary alicyclic amines) is 1. The van der Waals surface area contributed by atoms with Gasteiger partial charge in [-0.25, -0.2) is 0 Å². The Balaban J connectivity index is 1.56. The smallest absolute Gasteiger partial charge is 0.246 e. The molecule has 2 fully saturated rings. The number of piperidine rings is 1. The minimum atomic E-state index is -0.107. The number of ether oxygens (including phenoxy) is 2. The second-order valence-electron chi connectivity index (χ2n) is 7.91. The van der Waals surface area contributed by atoms with Crippen LogP contribution in [0.15, 0.2) is 24.3 Å². The van der Waals surface area contributed by atoms with Gasteiger partial charge in [0.2, 0.25) is 11.8 Å². The van der Waals surface area contributed by atoms with E-state index in [-0.39, 0.29) is 17.7 Å². The normalized spacial score (nSPS) is 20.5. The van der Waals surface area contributed by atoms with Crippen molar-refractivity contribution in [2.45, 2.75) is 51.0 Å². The Morgan fingerprint density at radius 2 is 1.79 bits per heavy atom. The molecule has 29 heavy (non-hydrogen) atoms. The Morgan fingerprint density at radius 1 is 1.03 bits per heavy atom. The van der Waals surface area contributed by atoms with E-state index in [0.717, 1.165) is 31.2 Å². The number of nitrogens with one attached hydrogen (secondary N) is 1. The molecule has 1 unspecified atom stereocenters. The summed E-state index contributed by atoms with van der Waals surface area (Å²) in [4.78, 5) is 27.1. The third-order valence-electron chi connectivity index (χ3n) is 5.88. The number of hydrogen-bond acceptors (Lipinski definition) is 4. The zero-order valence-electron chi connectivity index (χ0n) is 17.5. The molecule has 0 aromatic heterocycles. The van der Waals surface area contributed by atoms with Gasteiger partial charge in [0, 0.05) is 25.2 Å². The van der Waals surface area contributed by atoms with Gasteiger partial charge in [-0.2, -0.15) is 0 Å². The lowest BCUT2D eigenvalue weighted by Gasteiger charge is -2.33. The van der Waals surface area contributed by atoms with Crippen molar-refractivity contribution < 1.29 is 19.1 Å². The Labute approximate surface area is 173 Å². The number of benzene rings is 1. The van der Waals surface area contributed by atoms with Gasteiger partial charge >= 0.3 is 0 Å². The van der Waals surface area contributed by atoms with Gasteiger partial charge in [-0.05, 0) is 49.5 Å². The predicted molar refractivity (Wildman–Crippen MR) is 113 cm³/mol. The van der Waals surface area contributed by atoms with Crippen LogP contribution >= 0.6 is 0 Å². The van der Waals surface area contributed by atoms with Crippen LogP contribution in [-0.2, 0) is 9.59 Å². The van der Waals surface area contributed by atoms with E-state index in [1.807, 2.05) is 18.2 Å². The Morgan fingerprint density at radius 3 is 2.52 bits per heavy atom.